The zero-order chi connectivity index (χ0) is 22.4. The fourth-order valence-electron chi connectivity index (χ4n) is 4.49. The zero-order valence-corrected chi connectivity index (χ0v) is 19.5. The van der Waals surface area contributed by atoms with Crippen molar-refractivity contribution in [3.8, 4) is 0 Å². The molecule has 0 bridgehead atoms. The number of aromatic nitrogens is 1. The minimum absolute atomic E-state index is 0.131. The summed E-state index contributed by atoms with van der Waals surface area (Å²) < 4.78 is 5.50. The van der Waals surface area contributed by atoms with Gasteiger partial charge in [-0.25, -0.2) is 4.79 Å². The molecule has 0 N–H and O–H groups in total. The lowest BCUT2D eigenvalue weighted by molar-refractivity contribution is -0.138. The summed E-state index contributed by atoms with van der Waals surface area (Å²) >= 11 is 0. The molecule has 31 heavy (non-hydrogen) atoms. The highest BCUT2D eigenvalue weighted by atomic mass is 16.6. The van der Waals surface area contributed by atoms with Crippen molar-refractivity contribution < 1.29 is 14.3 Å². The summed E-state index contributed by atoms with van der Waals surface area (Å²) in [5, 5.41) is 0. The molecule has 1 aromatic rings. The maximum atomic E-state index is 13.2. The molecule has 7 heteroatoms. The van der Waals surface area contributed by atoms with Gasteiger partial charge < -0.3 is 19.4 Å². The van der Waals surface area contributed by atoms with Crippen LogP contribution in [0.4, 0.5) is 4.79 Å². The van der Waals surface area contributed by atoms with Gasteiger partial charge in [-0.3, -0.25) is 9.78 Å². The Morgan fingerprint density at radius 1 is 1.16 bits per heavy atom. The fraction of sp³-hybridized carbons (Fsp3) is 0.708. The Bertz CT molecular complexity index is 726. The molecule has 2 amide bonds. The van der Waals surface area contributed by atoms with E-state index in [4.69, 9.17) is 4.74 Å². The number of amides is 2. The standard InChI is InChI=1S/C24H38N4O3/c1-24(2,3)31-23(30)28-14-7-8-19(18-28)22(29)26(4)21-11-16-27(17-12-21)15-10-20-9-5-6-13-25-20/h5-6,9,13,19,21H,7-8,10-12,14-18H2,1-4H3. The van der Waals surface area contributed by atoms with E-state index in [0.29, 0.717) is 13.1 Å². The molecule has 2 aliphatic heterocycles. The molecule has 1 unspecified atom stereocenters. The zero-order valence-electron chi connectivity index (χ0n) is 19.5. The second kappa shape index (κ2) is 10.4. The summed E-state index contributed by atoms with van der Waals surface area (Å²) in [7, 11) is 1.93. The molecule has 2 saturated heterocycles. The van der Waals surface area contributed by atoms with Gasteiger partial charge in [0.05, 0.1) is 5.92 Å². The maximum Gasteiger partial charge on any atom is 0.410 e. The lowest BCUT2D eigenvalue weighted by Gasteiger charge is -2.40. The number of carbonyl (C=O) groups is 2. The topological polar surface area (TPSA) is 66.0 Å². The van der Waals surface area contributed by atoms with Crippen molar-refractivity contribution in [1.82, 2.24) is 19.7 Å². The number of pyridine rings is 1. The van der Waals surface area contributed by atoms with Gasteiger partial charge in [0, 0.05) is 64.1 Å². The number of hydrogen-bond donors (Lipinski definition) is 0. The van der Waals surface area contributed by atoms with Gasteiger partial charge in [-0.05, 0) is 58.6 Å². The quantitative estimate of drug-likeness (QED) is 0.718. The third-order valence-corrected chi connectivity index (χ3v) is 6.29. The smallest absolute Gasteiger partial charge is 0.410 e. The van der Waals surface area contributed by atoms with Gasteiger partial charge in [0.15, 0.2) is 0 Å². The third-order valence-electron chi connectivity index (χ3n) is 6.29. The summed E-state index contributed by atoms with van der Waals surface area (Å²) in [4.78, 5) is 36.1. The lowest BCUT2D eigenvalue weighted by Crippen LogP contribution is -2.51. The van der Waals surface area contributed by atoms with E-state index in [1.165, 1.54) is 0 Å². The minimum atomic E-state index is -0.518. The molecular weight excluding hydrogens is 392 g/mol. The summed E-state index contributed by atoms with van der Waals surface area (Å²) in [5.41, 5.74) is 0.610. The highest BCUT2D eigenvalue weighted by Gasteiger charge is 2.34. The minimum Gasteiger partial charge on any atom is -0.444 e. The lowest BCUT2D eigenvalue weighted by atomic mass is 9.95. The van der Waals surface area contributed by atoms with Crippen LogP contribution in [0.2, 0.25) is 0 Å². The van der Waals surface area contributed by atoms with Gasteiger partial charge in [-0.15, -0.1) is 0 Å². The van der Waals surface area contributed by atoms with Gasteiger partial charge >= 0.3 is 6.09 Å². The Morgan fingerprint density at radius 2 is 1.90 bits per heavy atom. The van der Waals surface area contributed by atoms with E-state index in [0.717, 1.165) is 57.4 Å². The monoisotopic (exact) mass is 430 g/mol. The first-order chi connectivity index (χ1) is 14.7. The van der Waals surface area contributed by atoms with Crippen molar-refractivity contribution in [2.24, 2.45) is 5.92 Å². The molecule has 0 aromatic carbocycles. The summed E-state index contributed by atoms with van der Waals surface area (Å²) in [6.07, 6.45) is 6.16. The van der Waals surface area contributed by atoms with Crippen LogP contribution in [0.15, 0.2) is 24.4 Å². The number of carbonyl (C=O) groups excluding carboxylic acids is 2. The van der Waals surface area contributed by atoms with Crippen LogP contribution in [-0.4, -0.2) is 83.1 Å². The van der Waals surface area contributed by atoms with E-state index in [2.05, 4.69) is 16.0 Å². The number of rotatable bonds is 5. The Hall–Kier alpha value is -2.15. The molecule has 7 nitrogen and oxygen atoms in total. The van der Waals surface area contributed by atoms with E-state index < -0.39 is 5.60 Å². The summed E-state index contributed by atoms with van der Waals surface area (Å²) in [5.74, 6) is 0.0358. The molecule has 1 aromatic heterocycles. The van der Waals surface area contributed by atoms with Crippen molar-refractivity contribution >= 4 is 12.0 Å². The maximum absolute atomic E-state index is 13.2. The average Bonchev–Trinajstić information content (AvgIpc) is 2.77. The molecule has 3 rings (SSSR count). The predicted octanol–water partition coefficient (Wildman–Crippen LogP) is 3.19. The molecule has 0 aliphatic carbocycles. The van der Waals surface area contributed by atoms with E-state index in [1.54, 1.807) is 4.90 Å². The number of hydrogen-bond acceptors (Lipinski definition) is 5. The van der Waals surface area contributed by atoms with Crippen LogP contribution in [0, 0.1) is 5.92 Å². The van der Waals surface area contributed by atoms with Gasteiger partial charge in [-0.2, -0.15) is 0 Å². The van der Waals surface area contributed by atoms with Crippen molar-refractivity contribution in [2.75, 3.05) is 39.8 Å². The highest BCUT2D eigenvalue weighted by Crippen LogP contribution is 2.24. The van der Waals surface area contributed by atoms with E-state index in [-0.39, 0.29) is 24.0 Å². The van der Waals surface area contributed by atoms with Crippen molar-refractivity contribution in [2.45, 2.75) is 64.5 Å². The molecule has 3 heterocycles. The van der Waals surface area contributed by atoms with Crippen LogP contribution in [0.1, 0.15) is 52.1 Å². The first-order valence-corrected chi connectivity index (χ1v) is 11.6. The first-order valence-electron chi connectivity index (χ1n) is 11.6. The first kappa shape index (κ1) is 23.5. The summed E-state index contributed by atoms with van der Waals surface area (Å²) in [6.45, 7) is 9.75. The van der Waals surface area contributed by atoms with Gasteiger partial charge in [0.25, 0.3) is 0 Å². The van der Waals surface area contributed by atoms with Gasteiger partial charge in [0.2, 0.25) is 5.91 Å². The normalized spacial score (nSPS) is 21.0. The summed E-state index contributed by atoms with van der Waals surface area (Å²) in [6, 6.07) is 6.32. The van der Waals surface area contributed by atoms with Crippen LogP contribution in [0.3, 0.4) is 0 Å². The second-order valence-corrected chi connectivity index (χ2v) is 9.86. The Labute approximate surface area is 186 Å². The second-order valence-electron chi connectivity index (χ2n) is 9.86. The molecule has 172 valence electrons. The van der Waals surface area contributed by atoms with Crippen molar-refractivity contribution in [3.63, 3.8) is 0 Å². The number of piperidine rings is 2. The van der Waals surface area contributed by atoms with E-state index >= 15 is 0 Å². The van der Waals surface area contributed by atoms with Crippen LogP contribution in [0.5, 0.6) is 0 Å². The predicted molar refractivity (Wildman–Crippen MR) is 121 cm³/mol. The molecular formula is C24H38N4O3. The SMILES string of the molecule is CN(C(=O)C1CCCN(C(=O)OC(C)(C)C)C1)C1CCN(CCc2ccccn2)CC1. The molecule has 2 aliphatic rings. The van der Waals surface area contributed by atoms with Crippen LogP contribution in [-0.2, 0) is 16.0 Å². The molecule has 1 atom stereocenters. The molecule has 2 fully saturated rings. The molecule has 0 radical (unpaired) electrons. The Morgan fingerprint density at radius 3 is 2.55 bits per heavy atom. The van der Waals surface area contributed by atoms with Crippen LogP contribution < -0.4 is 0 Å². The highest BCUT2D eigenvalue weighted by molar-refractivity contribution is 5.80. The number of ether oxygens (including phenoxy) is 1. The van der Waals surface area contributed by atoms with E-state index in [1.807, 2.05) is 51.0 Å². The van der Waals surface area contributed by atoms with E-state index in [9.17, 15) is 9.59 Å². The third kappa shape index (κ3) is 6.92. The van der Waals surface area contributed by atoms with Crippen molar-refractivity contribution in [3.05, 3.63) is 30.1 Å². The Balaban J connectivity index is 1.45. The van der Waals surface area contributed by atoms with Crippen molar-refractivity contribution in [1.29, 1.82) is 0 Å². The molecule has 0 saturated carbocycles. The molecule has 0 spiro atoms. The Kier molecular flexibility index (Phi) is 7.92. The largest absolute Gasteiger partial charge is 0.444 e. The van der Waals surface area contributed by atoms with Gasteiger partial charge in [0.1, 0.15) is 5.60 Å². The van der Waals surface area contributed by atoms with Crippen LogP contribution >= 0.6 is 0 Å². The number of likely N-dealkylation sites (tertiary alicyclic amines) is 2. The number of nitrogens with zero attached hydrogens (tertiary/aromatic N) is 4. The van der Waals surface area contributed by atoms with Crippen LogP contribution in [0.25, 0.3) is 0 Å². The fourth-order valence-corrected chi connectivity index (χ4v) is 4.49. The average molecular weight is 431 g/mol. The van der Waals surface area contributed by atoms with Gasteiger partial charge in [-0.1, -0.05) is 6.07 Å².